The summed E-state index contributed by atoms with van der Waals surface area (Å²) >= 11 is 2.06. The quantitative estimate of drug-likeness (QED) is 0.818. The van der Waals surface area contributed by atoms with Gasteiger partial charge in [-0.1, -0.05) is 12.1 Å². The molecule has 2 rings (SSSR count). The first-order valence-electron chi connectivity index (χ1n) is 5.83. The minimum absolute atomic E-state index is 0.451. The fraction of sp³-hybridized carbons (Fsp3) is 0.538. The van der Waals surface area contributed by atoms with E-state index < -0.39 is 0 Å². The molecule has 0 bridgehead atoms. The van der Waals surface area contributed by atoms with Gasteiger partial charge >= 0.3 is 0 Å². The molecular formula is C13H20N2S. The van der Waals surface area contributed by atoms with Gasteiger partial charge in [0.25, 0.3) is 0 Å². The topological polar surface area (TPSA) is 29.3 Å². The van der Waals surface area contributed by atoms with E-state index >= 15 is 0 Å². The molecule has 0 spiro atoms. The van der Waals surface area contributed by atoms with Crippen molar-refractivity contribution in [2.45, 2.75) is 25.4 Å². The van der Waals surface area contributed by atoms with Crippen molar-refractivity contribution < 1.29 is 0 Å². The normalized spacial score (nSPS) is 22.6. The molecule has 3 heteroatoms. The Kier molecular flexibility index (Phi) is 3.77. The Labute approximate surface area is 102 Å². The molecule has 88 valence electrons. The highest BCUT2D eigenvalue weighted by Crippen LogP contribution is 2.28. The molecule has 1 saturated heterocycles. The number of hydrogen-bond acceptors (Lipinski definition) is 3. The van der Waals surface area contributed by atoms with Crippen molar-refractivity contribution in [2.75, 3.05) is 24.3 Å². The number of thioether (sulfide) groups is 1. The van der Waals surface area contributed by atoms with Crippen molar-refractivity contribution in [3.05, 3.63) is 29.8 Å². The highest BCUT2D eigenvalue weighted by Gasteiger charge is 2.24. The molecule has 2 atom stereocenters. The van der Waals surface area contributed by atoms with E-state index in [2.05, 4.69) is 42.8 Å². The summed E-state index contributed by atoms with van der Waals surface area (Å²) in [4.78, 5) is 2.48. The number of anilines is 1. The van der Waals surface area contributed by atoms with Crippen LogP contribution in [0.3, 0.4) is 0 Å². The minimum atomic E-state index is 0.451. The van der Waals surface area contributed by atoms with Gasteiger partial charge in [0, 0.05) is 23.5 Å². The molecule has 16 heavy (non-hydrogen) atoms. The number of nitrogens with zero attached hydrogens (tertiary/aromatic N) is 1. The molecule has 2 N–H and O–H groups in total. The number of rotatable bonds is 3. The molecular weight excluding hydrogens is 216 g/mol. The van der Waals surface area contributed by atoms with E-state index in [1.54, 1.807) is 0 Å². The van der Waals surface area contributed by atoms with Crippen molar-refractivity contribution in [2.24, 2.45) is 0 Å². The summed E-state index contributed by atoms with van der Waals surface area (Å²) in [7, 11) is 2.23. The van der Waals surface area contributed by atoms with Crippen LogP contribution < -0.4 is 5.73 Å². The largest absolute Gasteiger partial charge is 0.399 e. The van der Waals surface area contributed by atoms with Gasteiger partial charge in [-0.15, -0.1) is 0 Å². The second-order valence-electron chi connectivity index (χ2n) is 4.53. The summed E-state index contributed by atoms with van der Waals surface area (Å²) in [5.74, 6) is 2.57. The van der Waals surface area contributed by atoms with E-state index in [4.69, 9.17) is 5.73 Å². The van der Waals surface area contributed by atoms with Crippen molar-refractivity contribution >= 4 is 17.4 Å². The van der Waals surface area contributed by atoms with Crippen LogP contribution in [0, 0.1) is 0 Å². The number of nitrogens with two attached hydrogens (primary N) is 1. The van der Waals surface area contributed by atoms with Crippen LogP contribution in [-0.4, -0.2) is 29.5 Å². The van der Waals surface area contributed by atoms with Crippen molar-refractivity contribution in [1.82, 2.24) is 4.90 Å². The number of benzene rings is 1. The molecule has 2 nitrogen and oxygen atoms in total. The van der Waals surface area contributed by atoms with Crippen LogP contribution in [0.5, 0.6) is 0 Å². The van der Waals surface area contributed by atoms with Crippen LogP contribution in [0.1, 0.15) is 24.9 Å². The van der Waals surface area contributed by atoms with E-state index in [1.165, 1.54) is 23.5 Å². The predicted molar refractivity (Wildman–Crippen MR) is 72.8 cm³/mol. The third-order valence-corrected chi connectivity index (χ3v) is 4.63. The van der Waals surface area contributed by atoms with Gasteiger partial charge in [0.15, 0.2) is 0 Å². The zero-order valence-corrected chi connectivity index (χ0v) is 10.8. The van der Waals surface area contributed by atoms with Crippen LogP contribution >= 0.6 is 11.8 Å². The first kappa shape index (κ1) is 11.8. The molecule has 1 aromatic rings. The molecule has 1 fully saturated rings. The van der Waals surface area contributed by atoms with Crippen LogP contribution in [0.4, 0.5) is 5.69 Å². The second-order valence-corrected chi connectivity index (χ2v) is 5.68. The van der Waals surface area contributed by atoms with Gasteiger partial charge in [0.05, 0.1) is 0 Å². The third-order valence-electron chi connectivity index (χ3n) is 3.49. The Balaban J connectivity index is 2.08. The van der Waals surface area contributed by atoms with Gasteiger partial charge in [0.1, 0.15) is 0 Å². The molecule has 0 radical (unpaired) electrons. The molecule has 0 aromatic heterocycles. The predicted octanol–water partition coefficient (Wildman–Crippen LogP) is 2.77. The van der Waals surface area contributed by atoms with E-state index in [1.807, 2.05) is 12.1 Å². The number of hydrogen-bond donors (Lipinski definition) is 1. The summed E-state index contributed by atoms with van der Waals surface area (Å²) in [6, 6.07) is 9.41. The summed E-state index contributed by atoms with van der Waals surface area (Å²) in [6.07, 6.45) is 1.31. The Hall–Kier alpha value is -0.670. The average Bonchev–Trinajstić information content (AvgIpc) is 2.80. The first-order chi connectivity index (χ1) is 7.68. The van der Waals surface area contributed by atoms with Gasteiger partial charge < -0.3 is 5.73 Å². The zero-order chi connectivity index (χ0) is 11.5. The Morgan fingerprint density at radius 2 is 2.31 bits per heavy atom. The maximum absolute atomic E-state index is 5.83. The lowest BCUT2D eigenvalue weighted by Crippen LogP contribution is -2.33. The van der Waals surface area contributed by atoms with E-state index in [9.17, 15) is 0 Å². The molecule has 1 aliphatic rings. The fourth-order valence-corrected chi connectivity index (χ4v) is 3.49. The second kappa shape index (κ2) is 5.11. The molecule has 0 aliphatic carbocycles. The van der Waals surface area contributed by atoms with Crippen LogP contribution in [-0.2, 0) is 0 Å². The van der Waals surface area contributed by atoms with Gasteiger partial charge in [-0.05, 0) is 43.8 Å². The highest BCUT2D eigenvalue weighted by atomic mass is 32.2. The molecule has 0 saturated carbocycles. The van der Waals surface area contributed by atoms with E-state index in [0.717, 1.165) is 11.7 Å². The average molecular weight is 236 g/mol. The lowest BCUT2D eigenvalue weighted by molar-refractivity contribution is 0.201. The molecule has 1 aliphatic heterocycles. The van der Waals surface area contributed by atoms with Crippen molar-refractivity contribution in [1.29, 1.82) is 0 Å². The molecule has 1 heterocycles. The van der Waals surface area contributed by atoms with Gasteiger partial charge in [0.2, 0.25) is 0 Å². The summed E-state index contributed by atoms with van der Waals surface area (Å²) < 4.78 is 0. The fourth-order valence-electron chi connectivity index (χ4n) is 2.21. The smallest absolute Gasteiger partial charge is 0.0320 e. The maximum atomic E-state index is 5.83. The summed E-state index contributed by atoms with van der Waals surface area (Å²) in [6.45, 7) is 2.26. The van der Waals surface area contributed by atoms with Crippen LogP contribution in [0.15, 0.2) is 24.3 Å². The van der Waals surface area contributed by atoms with Gasteiger partial charge in [-0.2, -0.15) is 11.8 Å². The lowest BCUT2D eigenvalue weighted by atomic mass is 10.0. The standard InChI is InChI=1S/C13H20N2S/c1-10(11-4-3-5-12(14)8-11)15(2)13-6-7-16-9-13/h3-5,8,10,13H,6-7,9,14H2,1-2H3. The highest BCUT2D eigenvalue weighted by molar-refractivity contribution is 7.99. The molecule has 2 unspecified atom stereocenters. The molecule has 1 aromatic carbocycles. The Bertz CT molecular complexity index is 348. The number of nitrogen functional groups attached to an aromatic ring is 1. The third kappa shape index (κ3) is 2.53. The van der Waals surface area contributed by atoms with Crippen molar-refractivity contribution in [3.8, 4) is 0 Å². The zero-order valence-electron chi connectivity index (χ0n) is 10.0. The van der Waals surface area contributed by atoms with E-state index in [0.29, 0.717) is 6.04 Å². The summed E-state index contributed by atoms with van der Waals surface area (Å²) in [5.41, 5.74) is 8.01. The van der Waals surface area contributed by atoms with Gasteiger partial charge in [-0.25, -0.2) is 0 Å². The van der Waals surface area contributed by atoms with Crippen LogP contribution in [0.25, 0.3) is 0 Å². The van der Waals surface area contributed by atoms with Crippen LogP contribution in [0.2, 0.25) is 0 Å². The lowest BCUT2D eigenvalue weighted by Gasteiger charge is -2.30. The first-order valence-corrected chi connectivity index (χ1v) is 6.99. The van der Waals surface area contributed by atoms with E-state index in [-0.39, 0.29) is 0 Å². The van der Waals surface area contributed by atoms with Gasteiger partial charge in [-0.3, -0.25) is 4.90 Å². The monoisotopic (exact) mass is 236 g/mol. The summed E-state index contributed by atoms with van der Waals surface area (Å²) in [5, 5.41) is 0. The van der Waals surface area contributed by atoms with Crippen molar-refractivity contribution in [3.63, 3.8) is 0 Å². The SMILES string of the molecule is CC(c1cccc(N)c1)N(C)C1CCSC1. The Morgan fingerprint density at radius 3 is 2.94 bits per heavy atom. The molecule has 0 amide bonds. The minimum Gasteiger partial charge on any atom is -0.399 e. The Morgan fingerprint density at radius 1 is 1.50 bits per heavy atom. The maximum Gasteiger partial charge on any atom is 0.0320 e.